The van der Waals surface area contributed by atoms with Crippen LogP contribution < -0.4 is 10.6 Å². The van der Waals surface area contributed by atoms with Crippen molar-refractivity contribution < 1.29 is 9.53 Å². The monoisotopic (exact) mass is 266 g/mol. The van der Waals surface area contributed by atoms with Crippen molar-refractivity contribution in [2.75, 3.05) is 31.6 Å². The molecule has 106 valence electrons. The largest absolute Gasteiger partial charge is 0.381 e. The molecule has 0 aliphatic rings. The SMILES string of the molecule is CCCOCCCNC(=O)c1cnc(NCC)cn1. The van der Waals surface area contributed by atoms with Crippen LogP contribution in [0.3, 0.4) is 0 Å². The molecule has 1 amide bonds. The van der Waals surface area contributed by atoms with Crippen LogP contribution in [0.4, 0.5) is 5.82 Å². The van der Waals surface area contributed by atoms with E-state index in [9.17, 15) is 4.79 Å². The van der Waals surface area contributed by atoms with Crippen LogP contribution in [-0.4, -0.2) is 42.2 Å². The number of hydrogen-bond donors (Lipinski definition) is 2. The molecule has 0 saturated carbocycles. The lowest BCUT2D eigenvalue weighted by Gasteiger charge is -2.06. The zero-order valence-electron chi connectivity index (χ0n) is 11.6. The van der Waals surface area contributed by atoms with Crippen LogP contribution in [0.25, 0.3) is 0 Å². The van der Waals surface area contributed by atoms with E-state index in [4.69, 9.17) is 4.74 Å². The molecule has 0 atom stereocenters. The van der Waals surface area contributed by atoms with Gasteiger partial charge in [-0.1, -0.05) is 6.92 Å². The van der Waals surface area contributed by atoms with Gasteiger partial charge < -0.3 is 15.4 Å². The van der Waals surface area contributed by atoms with Crippen LogP contribution in [0, 0.1) is 0 Å². The number of carbonyl (C=O) groups is 1. The molecule has 0 unspecified atom stereocenters. The smallest absolute Gasteiger partial charge is 0.271 e. The molecule has 0 fully saturated rings. The second-order valence-electron chi connectivity index (χ2n) is 4.04. The molecule has 6 heteroatoms. The highest BCUT2D eigenvalue weighted by molar-refractivity contribution is 5.91. The molecular formula is C13H22N4O2. The predicted octanol–water partition coefficient (Wildman–Crippen LogP) is 1.45. The molecule has 19 heavy (non-hydrogen) atoms. The average Bonchev–Trinajstić information content (AvgIpc) is 2.43. The Hall–Kier alpha value is -1.69. The summed E-state index contributed by atoms with van der Waals surface area (Å²) in [6, 6.07) is 0. The topological polar surface area (TPSA) is 76.1 Å². The van der Waals surface area contributed by atoms with Crippen LogP contribution in [0.5, 0.6) is 0 Å². The van der Waals surface area contributed by atoms with Gasteiger partial charge in [0.05, 0.1) is 12.4 Å². The number of carbonyl (C=O) groups excluding carboxylic acids is 1. The minimum Gasteiger partial charge on any atom is -0.381 e. The number of hydrogen-bond acceptors (Lipinski definition) is 5. The molecule has 0 saturated heterocycles. The molecule has 0 spiro atoms. The molecule has 1 rings (SSSR count). The van der Waals surface area contributed by atoms with Gasteiger partial charge in [0.2, 0.25) is 0 Å². The molecule has 0 aromatic carbocycles. The predicted molar refractivity (Wildman–Crippen MR) is 74.3 cm³/mol. The van der Waals surface area contributed by atoms with E-state index in [0.29, 0.717) is 24.7 Å². The maximum atomic E-state index is 11.7. The van der Waals surface area contributed by atoms with Crippen LogP contribution in [0.2, 0.25) is 0 Å². The summed E-state index contributed by atoms with van der Waals surface area (Å²) < 4.78 is 5.33. The summed E-state index contributed by atoms with van der Waals surface area (Å²) >= 11 is 0. The van der Waals surface area contributed by atoms with Gasteiger partial charge in [-0.3, -0.25) is 4.79 Å². The van der Waals surface area contributed by atoms with Crippen molar-refractivity contribution in [2.24, 2.45) is 0 Å². The number of amides is 1. The van der Waals surface area contributed by atoms with Crippen molar-refractivity contribution in [3.8, 4) is 0 Å². The summed E-state index contributed by atoms with van der Waals surface area (Å²) in [5.74, 6) is 0.470. The number of nitrogens with one attached hydrogen (secondary N) is 2. The Morgan fingerprint density at radius 3 is 2.74 bits per heavy atom. The van der Waals surface area contributed by atoms with Gasteiger partial charge in [0.25, 0.3) is 5.91 Å². The maximum absolute atomic E-state index is 11.7. The van der Waals surface area contributed by atoms with Gasteiger partial charge in [-0.2, -0.15) is 0 Å². The lowest BCUT2D eigenvalue weighted by molar-refractivity contribution is 0.0936. The Kier molecular flexibility index (Phi) is 7.50. The van der Waals surface area contributed by atoms with Gasteiger partial charge in [-0.15, -0.1) is 0 Å². The highest BCUT2D eigenvalue weighted by Gasteiger charge is 2.06. The van der Waals surface area contributed by atoms with Crippen LogP contribution in [0.15, 0.2) is 12.4 Å². The van der Waals surface area contributed by atoms with Crippen molar-refractivity contribution in [3.05, 3.63) is 18.1 Å². The van der Waals surface area contributed by atoms with Gasteiger partial charge in [0.1, 0.15) is 11.5 Å². The van der Waals surface area contributed by atoms with Gasteiger partial charge in [-0.05, 0) is 19.8 Å². The van der Waals surface area contributed by atoms with Crippen molar-refractivity contribution in [2.45, 2.75) is 26.7 Å². The minimum atomic E-state index is -0.203. The van der Waals surface area contributed by atoms with E-state index < -0.39 is 0 Å². The summed E-state index contributed by atoms with van der Waals surface area (Å²) in [6.45, 7) is 6.84. The van der Waals surface area contributed by atoms with E-state index in [1.807, 2.05) is 6.92 Å². The van der Waals surface area contributed by atoms with Gasteiger partial charge >= 0.3 is 0 Å². The lowest BCUT2D eigenvalue weighted by atomic mass is 10.4. The molecule has 0 aliphatic carbocycles. The number of rotatable bonds is 9. The number of ether oxygens (including phenoxy) is 1. The molecule has 1 heterocycles. The van der Waals surface area contributed by atoms with E-state index in [1.165, 1.54) is 6.20 Å². The third-order valence-corrected chi connectivity index (χ3v) is 2.34. The van der Waals surface area contributed by atoms with Crippen molar-refractivity contribution in [1.29, 1.82) is 0 Å². The first-order chi connectivity index (χ1) is 9.27. The summed E-state index contributed by atoms with van der Waals surface area (Å²) in [6.07, 6.45) is 4.85. The van der Waals surface area contributed by atoms with E-state index in [-0.39, 0.29) is 5.91 Å². The Labute approximate surface area is 114 Å². The van der Waals surface area contributed by atoms with Crippen LogP contribution in [-0.2, 0) is 4.74 Å². The first-order valence-electron chi connectivity index (χ1n) is 6.69. The van der Waals surface area contributed by atoms with Gasteiger partial charge in [0.15, 0.2) is 0 Å². The van der Waals surface area contributed by atoms with Crippen LogP contribution >= 0.6 is 0 Å². The first kappa shape index (κ1) is 15.4. The van der Waals surface area contributed by atoms with E-state index in [0.717, 1.165) is 26.0 Å². The number of anilines is 1. The maximum Gasteiger partial charge on any atom is 0.271 e. The standard InChI is InChI=1S/C13H22N4O2/c1-3-7-19-8-5-6-15-13(18)11-9-17-12(10-16-11)14-4-2/h9-10H,3-8H2,1-2H3,(H,14,17)(H,15,18). The highest BCUT2D eigenvalue weighted by atomic mass is 16.5. The van der Waals surface area contributed by atoms with Gasteiger partial charge in [0, 0.05) is 26.3 Å². The lowest BCUT2D eigenvalue weighted by Crippen LogP contribution is -2.26. The zero-order chi connectivity index (χ0) is 13.9. The van der Waals surface area contributed by atoms with E-state index in [2.05, 4.69) is 27.5 Å². The summed E-state index contributed by atoms with van der Waals surface area (Å²) in [7, 11) is 0. The van der Waals surface area contributed by atoms with Crippen LogP contribution in [0.1, 0.15) is 37.2 Å². The zero-order valence-corrected chi connectivity index (χ0v) is 11.6. The second-order valence-corrected chi connectivity index (χ2v) is 4.04. The molecule has 0 radical (unpaired) electrons. The average molecular weight is 266 g/mol. The summed E-state index contributed by atoms with van der Waals surface area (Å²) in [4.78, 5) is 19.9. The fraction of sp³-hybridized carbons (Fsp3) is 0.615. The quantitative estimate of drug-likeness (QED) is 0.662. The van der Waals surface area contributed by atoms with Crippen molar-refractivity contribution >= 4 is 11.7 Å². The molecular weight excluding hydrogens is 244 g/mol. The van der Waals surface area contributed by atoms with Crippen molar-refractivity contribution in [3.63, 3.8) is 0 Å². The highest BCUT2D eigenvalue weighted by Crippen LogP contribution is 2.00. The fourth-order valence-corrected chi connectivity index (χ4v) is 1.43. The van der Waals surface area contributed by atoms with Crippen molar-refractivity contribution in [1.82, 2.24) is 15.3 Å². The summed E-state index contributed by atoms with van der Waals surface area (Å²) in [5.41, 5.74) is 0.330. The molecule has 6 nitrogen and oxygen atoms in total. The minimum absolute atomic E-state index is 0.203. The third kappa shape index (κ3) is 6.15. The Balaban J connectivity index is 2.25. The number of aromatic nitrogens is 2. The number of nitrogens with zero attached hydrogens (tertiary/aromatic N) is 2. The Morgan fingerprint density at radius 1 is 1.26 bits per heavy atom. The molecule has 2 N–H and O–H groups in total. The van der Waals surface area contributed by atoms with E-state index >= 15 is 0 Å². The fourth-order valence-electron chi connectivity index (χ4n) is 1.43. The first-order valence-corrected chi connectivity index (χ1v) is 6.69. The second kappa shape index (κ2) is 9.27. The Morgan fingerprint density at radius 2 is 2.11 bits per heavy atom. The molecule has 1 aromatic heterocycles. The molecule has 0 bridgehead atoms. The molecule has 0 aliphatic heterocycles. The molecule has 1 aromatic rings. The van der Waals surface area contributed by atoms with E-state index in [1.54, 1.807) is 6.20 Å². The van der Waals surface area contributed by atoms with Gasteiger partial charge in [-0.25, -0.2) is 9.97 Å². The summed E-state index contributed by atoms with van der Waals surface area (Å²) in [5, 5.41) is 5.81. The Bertz CT molecular complexity index is 367. The third-order valence-electron chi connectivity index (χ3n) is 2.34. The normalized spacial score (nSPS) is 10.2.